The maximum absolute atomic E-state index is 10.1. The van der Waals surface area contributed by atoms with Gasteiger partial charge in [-0.15, -0.1) is 0 Å². The summed E-state index contributed by atoms with van der Waals surface area (Å²) in [5, 5.41) is 10.8. The minimum absolute atomic E-state index is 0.296. The zero-order chi connectivity index (χ0) is 16.2. The first-order chi connectivity index (χ1) is 11.2. The quantitative estimate of drug-likeness (QED) is 0.931. The summed E-state index contributed by atoms with van der Waals surface area (Å²) in [6.45, 7) is 4.63. The first kappa shape index (κ1) is 16.0. The van der Waals surface area contributed by atoms with Crippen LogP contribution in [-0.2, 0) is 6.54 Å². The van der Waals surface area contributed by atoms with Gasteiger partial charge in [-0.25, -0.2) is 0 Å². The van der Waals surface area contributed by atoms with Crippen molar-refractivity contribution in [1.29, 1.82) is 0 Å². The van der Waals surface area contributed by atoms with Gasteiger partial charge < -0.3 is 14.7 Å². The van der Waals surface area contributed by atoms with E-state index in [1.54, 1.807) is 13.2 Å². The van der Waals surface area contributed by atoms with Crippen molar-refractivity contribution in [1.82, 2.24) is 4.90 Å². The molecule has 4 nitrogen and oxygen atoms in total. The summed E-state index contributed by atoms with van der Waals surface area (Å²) >= 11 is 5.94. The average Bonchev–Trinajstić information content (AvgIpc) is 2.58. The lowest BCUT2D eigenvalue weighted by Gasteiger charge is -2.36. The molecule has 1 aliphatic rings. The lowest BCUT2D eigenvalue weighted by Crippen LogP contribution is -2.45. The molecule has 5 heteroatoms. The second kappa shape index (κ2) is 7.11. The number of benzene rings is 2. The molecule has 1 aliphatic heterocycles. The molecule has 1 heterocycles. The number of hydrogen-bond acceptors (Lipinski definition) is 4. The minimum Gasteiger partial charge on any atom is -0.507 e. The predicted octanol–water partition coefficient (Wildman–Crippen LogP) is 3.38. The molecule has 0 unspecified atom stereocenters. The van der Waals surface area contributed by atoms with E-state index < -0.39 is 0 Å². The number of methoxy groups -OCH3 is 1. The maximum atomic E-state index is 10.1. The third-order valence-corrected chi connectivity index (χ3v) is 4.50. The van der Waals surface area contributed by atoms with Crippen LogP contribution in [0.5, 0.6) is 11.5 Å². The molecule has 0 aliphatic carbocycles. The highest BCUT2D eigenvalue weighted by Gasteiger charge is 2.18. The van der Waals surface area contributed by atoms with E-state index in [-0.39, 0.29) is 0 Å². The summed E-state index contributed by atoms with van der Waals surface area (Å²) in [5.74, 6) is 0.975. The lowest BCUT2D eigenvalue weighted by atomic mass is 10.1. The van der Waals surface area contributed by atoms with E-state index in [2.05, 4.69) is 21.9 Å². The number of halogens is 1. The van der Waals surface area contributed by atoms with Crippen molar-refractivity contribution >= 4 is 17.3 Å². The number of phenolic OH excluding ortho intramolecular Hbond substituents is 1. The zero-order valence-electron chi connectivity index (χ0n) is 13.2. The molecule has 0 radical (unpaired) electrons. The zero-order valence-corrected chi connectivity index (χ0v) is 14.0. The molecule has 1 saturated heterocycles. The van der Waals surface area contributed by atoms with Gasteiger partial charge in [0.15, 0.2) is 0 Å². The first-order valence-electron chi connectivity index (χ1n) is 7.74. The molecule has 0 bridgehead atoms. The molecule has 0 amide bonds. The Morgan fingerprint density at radius 3 is 2.35 bits per heavy atom. The van der Waals surface area contributed by atoms with Crippen LogP contribution in [0.15, 0.2) is 42.5 Å². The van der Waals surface area contributed by atoms with E-state index in [4.69, 9.17) is 16.3 Å². The smallest absolute Gasteiger partial charge is 0.123 e. The number of aromatic hydroxyl groups is 1. The van der Waals surface area contributed by atoms with Crippen molar-refractivity contribution in [3.63, 3.8) is 0 Å². The molecule has 0 spiro atoms. The van der Waals surface area contributed by atoms with E-state index in [1.807, 2.05) is 24.3 Å². The van der Waals surface area contributed by atoms with E-state index in [1.165, 1.54) is 5.69 Å². The van der Waals surface area contributed by atoms with Gasteiger partial charge in [0, 0.05) is 55.1 Å². The van der Waals surface area contributed by atoms with E-state index in [0.717, 1.165) is 43.3 Å². The molecule has 0 saturated carbocycles. The third kappa shape index (κ3) is 3.89. The van der Waals surface area contributed by atoms with Crippen LogP contribution < -0.4 is 9.64 Å². The van der Waals surface area contributed by atoms with Crippen LogP contribution in [0, 0.1) is 0 Å². The van der Waals surface area contributed by atoms with Gasteiger partial charge in [0.1, 0.15) is 11.5 Å². The summed E-state index contributed by atoms with van der Waals surface area (Å²) in [7, 11) is 1.60. The van der Waals surface area contributed by atoms with Gasteiger partial charge in [-0.05, 0) is 30.3 Å². The van der Waals surface area contributed by atoms with Gasteiger partial charge in [-0.3, -0.25) is 4.90 Å². The van der Waals surface area contributed by atoms with Crippen molar-refractivity contribution in [2.75, 3.05) is 38.2 Å². The number of piperazine rings is 1. The van der Waals surface area contributed by atoms with Crippen LogP contribution in [0.2, 0.25) is 5.02 Å². The molecule has 2 aromatic rings. The van der Waals surface area contributed by atoms with E-state index in [0.29, 0.717) is 11.5 Å². The monoisotopic (exact) mass is 332 g/mol. The van der Waals surface area contributed by atoms with E-state index in [9.17, 15) is 5.11 Å². The SMILES string of the molecule is COc1ccc(CN2CCN(c3ccc(Cl)cc3)CC2)c(O)c1. The second-order valence-corrected chi connectivity index (χ2v) is 6.17. The maximum Gasteiger partial charge on any atom is 0.123 e. The van der Waals surface area contributed by atoms with Crippen molar-refractivity contribution in [3.05, 3.63) is 53.1 Å². The fourth-order valence-electron chi connectivity index (χ4n) is 2.86. The number of ether oxygens (including phenoxy) is 1. The van der Waals surface area contributed by atoms with Gasteiger partial charge in [0.25, 0.3) is 0 Å². The molecule has 23 heavy (non-hydrogen) atoms. The summed E-state index contributed by atoms with van der Waals surface area (Å²) in [6, 6.07) is 13.5. The third-order valence-electron chi connectivity index (χ3n) is 4.25. The number of hydrogen-bond donors (Lipinski definition) is 1. The molecule has 0 aromatic heterocycles. The molecule has 2 aromatic carbocycles. The topological polar surface area (TPSA) is 35.9 Å². The van der Waals surface area contributed by atoms with Crippen LogP contribution in [0.25, 0.3) is 0 Å². The highest BCUT2D eigenvalue weighted by atomic mass is 35.5. The van der Waals surface area contributed by atoms with E-state index >= 15 is 0 Å². The first-order valence-corrected chi connectivity index (χ1v) is 8.12. The average molecular weight is 333 g/mol. The molecule has 122 valence electrons. The summed E-state index contributed by atoms with van der Waals surface area (Å²) < 4.78 is 5.12. The Bertz CT molecular complexity index is 653. The molecule has 0 atom stereocenters. The Balaban J connectivity index is 1.58. The highest BCUT2D eigenvalue weighted by molar-refractivity contribution is 6.30. The van der Waals surface area contributed by atoms with Crippen molar-refractivity contribution in [2.45, 2.75) is 6.54 Å². The lowest BCUT2D eigenvalue weighted by molar-refractivity contribution is 0.246. The van der Waals surface area contributed by atoms with Crippen molar-refractivity contribution < 1.29 is 9.84 Å². The fraction of sp³-hybridized carbons (Fsp3) is 0.333. The highest BCUT2D eigenvalue weighted by Crippen LogP contribution is 2.25. The van der Waals surface area contributed by atoms with Gasteiger partial charge in [0.05, 0.1) is 7.11 Å². The van der Waals surface area contributed by atoms with Crippen LogP contribution in [0.1, 0.15) is 5.56 Å². The standard InChI is InChI=1S/C18H21ClN2O2/c1-23-17-7-2-14(18(22)12-17)13-20-8-10-21(11-9-20)16-5-3-15(19)4-6-16/h2-7,12,22H,8-11,13H2,1H3. The Kier molecular flexibility index (Phi) is 4.94. The normalized spacial score (nSPS) is 15.7. The Morgan fingerprint density at radius 2 is 1.74 bits per heavy atom. The van der Waals surface area contributed by atoms with Gasteiger partial charge in [-0.2, -0.15) is 0 Å². The molecule has 3 rings (SSSR count). The van der Waals surface area contributed by atoms with Gasteiger partial charge >= 0.3 is 0 Å². The summed E-state index contributed by atoms with van der Waals surface area (Å²) in [6.07, 6.45) is 0. The molecule has 1 N–H and O–H groups in total. The van der Waals surface area contributed by atoms with Crippen LogP contribution in [0.3, 0.4) is 0 Å². The number of rotatable bonds is 4. The number of phenols is 1. The Labute approximate surface area is 141 Å². The predicted molar refractivity (Wildman–Crippen MR) is 93.6 cm³/mol. The summed E-state index contributed by atoms with van der Waals surface area (Å²) in [4.78, 5) is 4.72. The minimum atomic E-state index is 0.296. The van der Waals surface area contributed by atoms with Crippen LogP contribution in [0.4, 0.5) is 5.69 Å². The largest absolute Gasteiger partial charge is 0.507 e. The molecule has 1 fully saturated rings. The fourth-order valence-corrected chi connectivity index (χ4v) is 2.99. The van der Waals surface area contributed by atoms with Gasteiger partial charge in [0.2, 0.25) is 0 Å². The van der Waals surface area contributed by atoms with Crippen LogP contribution >= 0.6 is 11.6 Å². The number of anilines is 1. The number of nitrogens with zero attached hydrogens (tertiary/aromatic N) is 2. The second-order valence-electron chi connectivity index (χ2n) is 5.73. The van der Waals surface area contributed by atoms with Gasteiger partial charge in [-0.1, -0.05) is 17.7 Å². The Hall–Kier alpha value is -1.91. The van der Waals surface area contributed by atoms with Crippen molar-refractivity contribution in [2.24, 2.45) is 0 Å². The van der Waals surface area contributed by atoms with Crippen molar-refractivity contribution in [3.8, 4) is 11.5 Å². The van der Waals surface area contributed by atoms with Crippen LogP contribution in [-0.4, -0.2) is 43.3 Å². The Morgan fingerprint density at radius 1 is 1.04 bits per heavy atom. The molecular formula is C18H21ClN2O2. The summed E-state index contributed by atoms with van der Waals surface area (Å²) in [5.41, 5.74) is 2.15. The molecular weight excluding hydrogens is 312 g/mol.